The number of rotatable bonds is 7. The lowest BCUT2D eigenvalue weighted by Crippen LogP contribution is -2.35. The summed E-state index contributed by atoms with van der Waals surface area (Å²) in [6.07, 6.45) is 1.94. The fourth-order valence-electron chi connectivity index (χ4n) is 4.36. The molecule has 1 aliphatic rings. The number of para-hydroxylation sites is 1. The third-order valence-corrected chi connectivity index (χ3v) is 5.99. The van der Waals surface area contributed by atoms with Crippen LogP contribution in [0.25, 0.3) is 16.7 Å². The minimum atomic E-state index is -0.678. The first-order chi connectivity index (χ1) is 15.8. The highest BCUT2D eigenvalue weighted by atomic mass is 16.5. The second-order valence-electron chi connectivity index (χ2n) is 8.47. The summed E-state index contributed by atoms with van der Waals surface area (Å²) in [5.74, 6) is -0.770. The van der Waals surface area contributed by atoms with Crippen LogP contribution >= 0.6 is 0 Å². The number of hydrogen-bond donors (Lipinski definition) is 1. The number of likely N-dealkylation sites (tertiary alicyclic amines) is 1. The second kappa shape index (κ2) is 9.11. The van der Waals surface area contributed by atoms with Crippen molar-refractivity contribution in [1.29, 1.82) is 0 Å². The summed E-state index contributed by atoms with van der Waals surface area (Å²) >= 11 is 0. The number of carbonyl (C=O) groups is 2. The van der Waals surface area contributed by atoms with Gasteiger partial charge in [-0.2, -0.15) is 0 Å². The van der Waals surface area contributed by atoms with Crippen molar-refractivity contribution in [2.24, 2.45) is 7.05 Å². The lowest BCUT2D eigenvalue weighted by molar-refractivity contribution is -0.140. The average Bonchev–Trinajstić information content (AvgIpc) is 3.26. The molecule has 0 saturated carbocycles. The van der Waals surface area contributed by atoms with E-state index in [2.05, 4.69) is 0 Å². The fraction of sp³-hybridized carbons (Fsp3) is 0.308. The van der Waals surface area contributed by atoms with E-state index in [-0.39, 0.29) is 11.3 Å². The standard InChI is InChI=1S/C26H29N3O4/c1-5-33-18-12-10-17(11-13-18)24(30)22-23(29(15-14-27(2)3)26(32)25(22)31)20-16-28(4)21-9-7-6-8-19(20)21/h6-13,16,23,30H,5,14-15H2,1-4H3/b24-22+. The Labute approximate surface area is 193 Å². The fourth-order valence-corrected chi connectivity index (χ4v) is 4.36. The van der Waals surface area contributed by atoms with E-state index < -0.39 is 17.7 Å². The van der Waals surface area contributed by atoms with Crippen molar-refractivity contribution in [3.8, 4) is 5.75 Å². The maximum absolute atomic E-state index is 13.2. The van der Waals surface area contributed by atoms with Gasteiger partial charge in [0.05, 0.1) is 18.2 Å². The molecule has 4 rings (SSSR count). The molecule has 2 aromatic carbocycles. The van der Waals surface area contributed by atoms with Crippen molar-refractivity contribution in [1.82, 2.24) is 14.4 Å². The summed E-state index contributed by atoms with van der Waals surface area (Å²) in [7, 11) is 5.77. The molecule has 1 amide bonds. The molecule has 0 radical (unpaired) electrons. The first kappa shape index (κ1) is 22.6. The molecule has 1 N–H and O–H groups in total. The van der Waals surface area contributed by atoms with Crippen LogP contribution in [0.3, 0.4) is 0 Å². The van der Waals surface area contributed by atoms with Crippen molar-refractivity contribution in [3.05, 3.63) is 71.4 Å². The molecule has 1 saturated heterocycles. The zero-order chi connectivity index (χ0) is 23.7. The molecule has 172 valence electrons. The first-order valence-corrected chi connectivity index (χ1v) is 11.0. The lowest BCUT2D eigenvalue weighted by atomic mass is 9.95. The molecule has 1 fully saturated rings. The number of aryl methyl sites for hydroxylation is 1. The maximum atomic E-state index is 13.2. The van der Waals surface area contributed by atoms with Gasteiger partial charge in [0, 0.05) is 48.4 Å². The van der Waals surface area contributed by atoms with E-state index in [1.165, 1.54) is 0 Å². The Hall–Kier alpha value is -3.58. The summed E-state index contributed by atoms with van der Waals surface area (Å²) in [6, 6.07) is 14.1. The molecule has 1 aromatic heterocycles. The van der Waals surface area contributed by atoms with Crippen molar-refractivity contribution in [2.75, 3.05) is 33.8 Å². The molecular weight excluding hydrogens is 418 g/mol. The molecule has 7 nitrogen and oxygen atoms in total. The van der Waals surface area contributed by atoms with Gasteiger partial charge < -0.3 is 24.2 Å². The monoisotopic (exact) mass is 447 g/mol. The Morgan fingerprint density at radius 3 is 2.45 bits per heavy atom. The predicted molar refractivity (Wildman–Crippen MR) is 128 cm³/mol. The Morgan fingerprint density at radius 1 is 1.09 bits per heavy atom. The molecule has 3 aromatic rings. The smallest absolute Gasteiger partial charge is 0.295 e. The van der Waals surface area contributed by atoms with E-state index >= 15 is 0 Å². The number of ketones is 1. The van der Waals surface area contributed by atoms with Gasteiger partial charge in [-0.05, 0) is 51.4 Å². The topological polar surface area (TPSA) is 75.0 Å². The number of aliphatic hydroxyl groups is 1. The van der Waals surface area contributed by atoms with Gasteiger partial charge in [-0.15, -0.1) is 0 Å². The van der Waals surface area contributed by atoms with Gasteiger partial charge in [0.25, 0.3) is 11.7 Å². The Bertz CT molecular complexity index is 1220. The van der Waals surface area contributed by atoms with Crippen LogP contribution in [0, 0.1) is 0 Å². The molecule has 0 spiro atoms. The Kier molecular flexibility index (Phi) is 6.24. The van der Waals surface area contributed by atoms with E-state index in [4.69, 9.17) is 4.74 Å². The highest BCUT2D eigenvalue weighted by Gasteiger charge is 2.46. The molecule has 7 heteroatoms. The number of nitrogens with zero attached hydrogens (tertiary/aromatic N) is 3. The van der Waals surface area contributed by atoms with Gasteiger partial charge in [0.1, 0.15) is 11.5 Å². The van der Waals surface area contributed by atoms with Gasteiger partial charge in [0.2, 0.25) is 0 Å². The minimum Gasteiger partial charge on any atom is -0.507 e. The van der Waals surface area contributed by atoms with Crippen LogP contribution in [-0.2, 0) is 16.6 Å². The molecule has 1 atom stereocenters. The third kappa shape index (κ3) is 4.12. The van der Waals surface area contributed by atoms with Gasteiger partial charge in [-0.1, -0.05) is 18.2 Å². The van der Waals surface area contributed by atoms with E-state index in [9.17, 15) is 14.7 Å². The normalized spacial score (nSPS) is 18.0. The number of fused-ring (bicyclic) bond motifs is 1. The van der Waals surface area contributed by atoms with Crippen LogP contribution in [-0.4, -0.2) is 65.0 Å². The molecule has 2 heterocycles. The van der Waals surface area contributed by atoms with Gasteiger partial charge in [-0.3, -0.25) is 9.59 Å². The summed E-state index contributed by atoms with van der Waals surface area (Å²) in [4.78, 5) is 29.9. The predicted octanol–water partition coefficient (Wildman–Crippen LogP) is 3.56. The number of aromatic nitrogens is 1. The lowest BCUT2D eigenvalue weighted by Gasteiger charge is -2.26. The molecule has 0 bridgehead atoms. The van der Waals surface area contributed by atoms with Crippen LogP contribution in [0.4, 0.5) is 0 Å². The van der Waals surface area contributed by atoms with Gasteiger partial charge >= 0.3 is 0 Å². The molecule has 0 aliphatic carbocycles. The zero-order valence-corrected chi connectivity index (χ0v) is 19.4. The number of likely N-dealkylation sites (N-methyl/N-ethyl adjacent to an activating group) is 1. The van der Waals surface area contributed by atoms with Crippen LogP contribution in [0.2, 0.25) is 0 Å². The SMILES string of the molecule is CCOc1ccc(/C(O)=C2\C(=O)C(=O)N(CCN(C)C)C2c2cn(C)c3ccccc23)cc1. The Balaban J connectivity index is 1.88. The number of hydrogen-bond acceptors (Lipinski definition) is 5. The highest BCUT2D eigenvalue weighted by Crippen LogP contribution is 2.42. The maximum Gasteiger partial charge on any atom is 0.295 e. The van der Waals surface area contributed by atoms with E-state index in [1.54, 1.807) is 29.2 Å². The number of Topliss-reactive ketones (excluding diaryl/α,β-unsaturated/α-hetero) is 1. The van der Waals surface area contributed by atoms with Crippen molar-refractivity contribution < 1.29 is 19.4 Å². The molecule has 33 heavy (non-hydrogen) atoms. The molecule has 1 unspecified atom stereocenters. The molecule has 1 aliphatic heterocycles. The van der Waals surface area contributed by atoms with Crippen LogP contribution < -0.4 is 4.74 Å². The van der Waals surface area contributed by atoms with Crippen molar-refractivity contribution >= 4 is 28.4 Å². The van der Waals surface area contributed by atoms with Crippen molar-refractivity contribution in [2.45, 2.75) is 13.0 Å². The van der Waals surface area contributed by atoms with E-state index in [1.807, 2.05) is 68.0 Å². The summed E-state index contributed by atoms with van der Waals surface area (Å²) in [5, 5.41) is 12.2. The number of carbonyl (C=O) groups excluding carboxylic acids is 2. The number of ether oxygens (including phenoxy) is 1. The van der Waals surface area contributed by atoms with Crippen LogP contribution in [0.5, 0.6) is 5.75 Å². The van der Waals surface area contributed by atoms with Gasteiger partial charge in [0.15, 0.2) is 0 Å². The summed E-state index contributed by atoms with van der Waals surface area (Å²) in [5.41, 5.74) is 2.39. The van der Waals surface area contributed by atoms with Crippen molar-refractivity contribution in [3.63, 3.8) is 0 Å². The Morgan fingerprint density at radius 2 is 1.79 bits per heavy atom. The first-order valence-electron chi connectivity index (χ1n) is 11.0. The van der Waals surface area contributed by atoms with Crippen LogP contribution in [0.15, 0.2) is 60.3 Å². The highest BCUT2D eigenvalue weighted by molar-refractivity contribution is 6.46. The molecular formula is C26H29N3O4. The number of aliphatic hydroxyl groups excluding tert-OH is 1. The third-order valence-electron chi connectivity index (χ3n) is 5.99. The largest absolute Gasteiger partial charge is 0.507 e. The summed E-state index contributed by atoms with van der Waals surface area (Å²) in [6.45, 7) is 3.39. The quantitative estimate of drug-likeness (QED) is 0.341. The van der Waals surface area contributed by atoms with E-state index in [0.29, 0.717) is 31.0 Å². The van der Waals surface area contributed by atoms with E-state index in [0.717, 1.165) is 16.5 Å². The zero-order valence-electron chi connectivity index (χ0n) is 19.4. The number of benzene rings is 2. The average molecular weight is 448 g/mol. The minimum absolute atomic E-state index is 0.110. The van der Waals surface area contributed by atoms with Gasteiger partial charge in [-0.25, -0.2) is 0 Å². The van der Waals surface area contributed by atoms with Crippen LogP contribution in [0.1, 0.15) is 24.1 Å². The summed E-state index contributed by atoms with van der Waals surface area (Å²) < 4.78 is 7.46. The second-order valence-corrected chi connectivity index (χ2v) is 8.47. The number of amides is 1.